The topological polar surface area (TPSA) is 80.3 Å². The maximum absolute atomic E-state index is 13.5. The van der Waals surface area contributed by atoms with Crippen LogP contribution in [0.2, 0.25) is 0 Å². The first-order valence-electron chi connectivity index (χ1n) is 16.7. The number of ether oxygens (including phenoxy) is 3. The van der Waals surface area contributed by atoms with E-state index in [1.807, 2.05) is 6.92 Å². The highest BCUT2D eigenvalue weighted by Crippen LogP contribution is 2.41. The summed E-state index contributed by atoms with van der Waals surface area (Å²) in [7, 11) is 1.69. The first kappa shape index (κ1) is 30.1. The smallest absolute Gasteiger partial charge is 0.251 e. The van der Waals surface area contributed by atoms with Crippen molar-refractivity contribution in [3.63, 3.8) is 0 Å². The van der Waals surface area contributed by atoms with Gasteiger partial charge in [-0.05, 0) is 43.7 Å². The minimum atomic E-state index is -0.298. The van der Waals surface area contributed by atoms with E-state index in [2.05, 4.69) is 75.4 Å². The van der Waals surface area contributed by atoms with E-state index >= 15 is 0 Å². The molecule has 3 aromatic rings. The summed E-state index contributed by atoms with van der Waals surface area (Å²) in [6.45, 7) is 7.73. The second-order valence-electron chi connectivity index (χ2n) is 12.8. The summed E-state index contributed by atoms with van der Waals surface area (Å²) in [6.07, 6.45) is 3.70. The zero-order chi connectivity index (χ0) is 30.8. The fraction of sp³-hybridized carbons (Fsp3) is 0.528. The van der Waals surface area contributed by atoms with E-state index in [0.29, 0.717) is 44.0 Å². The summed E-state index contributed by atoms with van der Waals surface area (Å²) in [4.78, 5) is 30.5. The number of piperazine rings is 2. The van der Waals surface area contributed by atoms with Crippen LogP contribution in [0.4, 0.5) is 0 Å². The van der Waals surface area contributed by atoms with Gasteiger partial charge in [0.15, 0.2) is 0 Å². The summed E-state index contributed by atoms with van der Waals surface area (Å²) >= 11 is 0. The molecule has 4 aliphatic rings. The highest BCUT2D eigenvalue weighted by atomic mass is 16.5. The van der Waals surface area contributed by atoms with Crippen LogP contribution >= 0.6 is 0 Å². The third-order valence-electron chi connectivity index (χ3n) is 9.83. The van der Waals surface area contributed by atoms with Gasteiger partial charge < -0.3 is 19.1 Å². The minimum absolute atomic E-state index is 0.146. The van der Waals surface area contributed by atoms with Crippen LogP contribution in [0, 0.1) is 0 Å². The lowest BCUT2D eigenvalue weighted by Crippen LogP contribution is -2.67. The van der Waals surface area contributed by atoms with E-state index in [-0.39, 0.29) is 30.0 Å². The number of nitrogens with zero attached hydrogens (tertiary/aromatic N) is 5. The molecule has 1 saturated carbocycles. The van der Waals surface area contributed by atoms with Crippen LogP contribution in [-0.4, -0.2) is 102 Å². The Bertz CT molecular complexity index is 1410. The van der Waals surface area contributed by atoms with Crippen LogP contribution in [-0.2, 0) is 16.1 Å². The Morgan fingerprint density at radius 1 is 0.933 bits per heavy atom. The second-order valence-corrected chi connectivity index (χ2v) is 12.8. The fourth-order valence-corrected chi connectivity index (χ4v) is 7.54. The largest absolute Gasteiger partial charge is 0.481 e. The van der Waals surface area contributed by atoms with Crippen molar-refractivity contribution in [2.75, 3.05) is 53.0 Å². The number of carbonyl (C=O) groups excluding carboxylic acids is 1. The quantitative estimate of drug-likeness (QED) is 0.333. The average molecular weight is 612 g/mol. The molecule has 45 heavy (non-hydrogen) atoms. The molecule has 1 amide bonds. The van der Waals surface area contributed by atoms with Crippen LogP contribution in [0.15, 0.2) is 60.7 Å². The molecule has 3 aliphatic heterocycles. The van der Waals surface area contributed by atoms with E-state index < -0.39 is 0 Å². The van der Waals surface area contributed by atoms with Gasteiger partial charge in [0.1, 0.15) is 11.9 Å². The Morgan fingerprint density at radius 3 is 2.27 bits per heavy atom. The van der Waals surface area contributed by atoms with Gasteiger partial charge in [-0.15, -0.1) is 0 Å². The van der Waals surface area contributed by atoms with Crippen molar-refractivity contribution < 1.29 is 19.0 Å². The number of rotatable bonds is 10. The van der Waals surface area contributed by atoms with E-state index in [0.717, 1.165) is 63.3 Å². The molecule has 9 heteroatoms. The van der Waals surface area contributed by atoms with Crippen LogP contribution in [0.1, 0.15) is 67.0 Å². The molecule has 0 N–H and O–H groups in total. The van der Waals surface area contributed by atoms with Crippen LogP contribution in [0.5, 0.6) is 11.8 Å². The third kappa shape index (κ3) is 6.44. The lowest BCUT2D eigenvalue weighted by molar-refractivity contribution is -0.146. The van der Waals surface area contributed by atoms with Crippen LogP contribution in [0.3, 0.4) is 0 Å². The number of hydrogen-bond acceptors (Lipinski definition) is 8. The molecule has 1 aromatic heterocycles. The number of methoxy groups -OCH3 is 1. The molecule has 238 valence electrons. The Labute approximate surface area is 266 Å². The highest BCUT2D eigenvalue weighted by Gasteiger charge is 2.44. The number of carbonyl (C=O) groups is 1. The van der Waals surface area contributed by atoms with Crippen LogP contribution < -0.4 is 9.47 Å². The van der Waals surface area contributed by atoms with Gasteiger partial charge in [0.2, 0.25) is 11.8 Å². The van der Waals surface area contributed by atoms with Crippen molar-refractivity contribution in [3.05, 3.63) is 83.2 Å². The highest BCUT2D eigenvalue weighted by molar-refractivity contribution is 5.81. The first-order valence-corrected chi connectivity index (χ1v) is 16.7. The Kier molecular flexibility index (Phi) is 9.01. The number of amides is 1. The maximum Gasteiger partial charge on any atom is 0.251 e. The molecule has 0 radical (unpaired) electrons. The molecule has 1 aliphatic carbocycles. The number of fused-ring (bicyclic) bond motifs is 1. The van der Waals surface area contributed by atoms with E-state index in [1.165, 1.54) is 11.1 Å². The summed E-state index contributed by atoms with van der Waals surface area (Å²) in [6, 6.07) is 22.1. The van der Waals surface area contributed by atoms with Crippen molar-refractivity contribution in [2.45, 2.75) is 69.2 Å². The summed E-state index contributed by atoms with van der Waals surface area (Å²) in [5, 5.41) is 0. The normalized spacial score (nSPS) is 24.1. The maximum atomic E-state index is 13.5. The van der Waals surface area contributed by atoms with Crippen molar-refractivity contribution in [3.8, 4) is 11.8 Å². The number of aromatic nitrogens is 2. The number of hydrogen-bond donors (Lipinski definition) is 0. The van der Waals surface area contributed by atoms with Crippen molar-refractivity contribution in [1.82, 2.24) is 24.7 Å². The van der Waals surface area contributed by atoms with Crippen LogP contribution in [0.25, 0.3) is 0 Å². The molecule has 0 spiro atoms. The molecule has 0 bridgehead atoms. The van der Waals surface area contributed by atoms with E-state index in [9.17, 15) is 4.79 Å². The van der Waals surface area contributed by atoms with Gasteiger partial charge in [0, 0.05) is 69.8 Å². The van der Waals surface area contributed by atoms with E-state index in [4.69, 9.17) is 24.2 Å². The van der Waals surface area contributed by atoms with Gasteiger partial charge >= 0.3 is 0 Å². The summed E-state index contributed by atoms with van der Waals surface area (Å²) < 4.78 is 17.8. The first-order chi connectivity index (χ1) is 22.1. The predicted molar refractivity (Wildman–Crippen MR) is 172 cm³/mol. The molecule has 7 rings (SSSR count). The Morgan fingerprint density at radius 2 is 1.64 bits per heavy atom. The zero-order valence-corrected chi connectivity index (χ0v) is 26.5. The molecular weight excluding hydrogens is 566 g/mol. The third-order valence-corrected chi connectivity index (χ3v) is 9.83. The van der Waals surface area contributed by atoms with E-state index in [1.54, 1.807) is 7.11 Å². The Balaban J connectivity index is 1.24. The van der Waals surface area contributed by atoms with Gasteiger partial charge in [-0.1, -0.05) is 60.7 Å². The second kappa shape index (κ2) is 13.4. The summed E-state index contributed by atoms with van der Waals surface area (Å²) in [5.74, 6) is 2.77. The molecule has 4 heterocycles. The molecule has 3 saturated heterocycles. The monoisotopic (exact) mass is 611 g/mol. The molecule has 3 unspecified atom stereocenters. The SMILES string of the molecule is CCOc1nc(C2CC2)nc(OC)c1CN1CC2CN(C(=O)C3CCCO3)CCN2C(C(c2ccccc2)c2ccccc2)C1. The van der Waals surface area contributed by atoms with Crippen molar-refractivity contribution in [2.24, 2.45) is 0 Å². The predicted octanol–water partition coefficient (Wildman–Crippen LogP) is 4.47. The minimum Gasteiger partial charge on any atom is -0.481 e. The molecule has 2 aromatic carbocycles. The molecule has 9 nitrogen and oxygen atoms in total. The van der Waals surface area contributed by atoms with Gasteiger partial charge in [-0.25, -0.2) is 0 Å². The average Bonchev–Trinajstić information content (AvgIpc) is 3.79. The summed E-state index contributed by atoms with van der Waals surface area (Å²) in [5.41, 5.74) is 3.50. The molecule has 3 atom stereocenters. The zero-order valence-electron chi connectivity index (χ0n) is 26.5. The van der Waals surface area contributed by atoms with Gasteiger partial charge in [0.05, 0.1) is 19.3 Å². The van der Waals surface area contributed by atoms with Gasteiger partial charge in [-0.3, -0.25) is 14.6 Å². The van der Waals surface area contributed by atoms with Gasteiger partial charge in [-0.2, -0.15) is 9.97 Å². The molecular formula is C36H45N5O4. The Hall–Kier alpha value is -3.53. The number of benzene rings is 2. The fourth-order valence-electron chi connectivity index (χ4n) is 7.54. The van der Waals surface area contributed by atoms with Crippen molar-refractivity contribution >= 4 is 5.91 Å². The molecule has 4 fully saturated rings. The van der Waals surface area contributed by atoms with Crippen molar-refractivity contribution in [1.29, 1.82) is 0 Å². The lowest BCUT2D eigenvalue weighted by atomic mass is 9.81. The standard InChI is InChI=1S/C36H45N5O4/c1-3-44-35-29(34(43-2)37-33(38-35)27-16-17-27)23-39-21-28-22-40(36(42)31-15-10-20-45-31)18-19-41(28)30(24-39)32(25-11-6-4-7-12-25)26-13-8-5-9-14-26/h4-9,11-14,27-28,30-32H,3,10,15-24H2,1-2H3. The van der Waals surface area contributed by atoms with Gasteiger partial charge in [0.25, 0.3) is 5.91 Å². The lowest BCUT2D eigenvalue weighted by Gasteiger charge is -2.53.